The quantitative estimate of drug-likeness (QED) is 0.300. The van der Waals surface area contributed by atoms with Crippen LogP contribution in [0.4, 0.5) is 0 Å². The van der Waals surface area contributed by atoms with Gasteiger partial charge in [-0.2, -0.15) is 0 Å². The Balaban J connectivity index is 3.21. The molecule has 0 atom stereocenters. The first-order chi connectivity index (χ1) is 8.77. The first-order valence-corrected chi connectivity index (χ1v) is 7.22. The zero-order chi connectivity index (χ0) is 13.5. The standard InChI is InChI=1S/C16H28O2/c1-3-4-5-6-7-8-9-10-11-12-13-14-15-18-16(2)17/h10-13H,3-9,14-15H2,1-2H3/b11-10+,13-12-. The number of carbonyl (C=O) groups excluding carboxylic acids is 1. The van der Waals surface area contributed by atoms with Gasteiger partial charge in [0.2, 0.25) is 0 Å². The van der Waals surface area contributed by atoms with Crippen LogP contribution in [0, 0.1) is 0 Å². The molecule has 0 aliphatic heterocycles. The third-order valence-corrected chi connectivity index (χ3v) is 2.70. The van der Waals surface area contributed by atoms with Gasteiger partial charge in [0.15, 0.2) is 0 Å². The smallest absolute Gasteiger partial charge is 0.302 e. The van der Waals surface area contributed by atoms with Crippen LogP contribution < -0.4 is 0 Å². The molecule has 0 fully saturated rings. The lowest BCUT2D eigenvalue weighted by atomic mass is 10.1. The molecule has 0 saturated carbocycles. The molecule has 0 aliphatic carbocycles. The summed E-state index contributed by atoms with van der Waals surface area (Å²) in [6, 6.07) is 0. The van der Waals surface area contributed by atoms with E-state index >= 15 is 0 Å². The Bertz CT molecular complexity index is 241. The van der Waals surface area contributed by atoms with Crippen LogP contribution >= 0.6 is 0 Å². The molecule has 0 rings (SSSR count). The maximum Gasteiger partial charge on any atom is 0.302 e. The monoisotopic (exact) mass is 252 g/mol. The maximum absolute atomic E-state index is 10.5. The third kappa shape index (κ3) is 14.9. The van der Waals surface area contributed by atoms with Crippen molar-refractivity contribution in [2.24, 2.45) is 0 Å². The fourth-order valence-electron chi connectivity index (χ4n) is 1.66. The van der Waals surface area contributed by atoms with Gasteiger partial charge in [0.1, 0.15) is 0 Å². The first kappa shape index (κ1) is 16.9. The summed E-state index contributed by atoms with van der Waals surface area (Å²) in [7, 11) is 0. The highest BCUT2D eigenvalue weighted by Gasteiger charge is 1.88. The first-order valence-electron chi connectivity index (χ1n) is 7.22. The van der Waals surface area contributed by atoms with Crippen molar-refractivity contribution in [1.82, 2.24) is 0 Å². The van der Waals surface area contributed by atoms with Gasteiger partial charge >= 0.3 is 5.97 Å². The van der Waals surface area contributed by atoms with Crippen LogP contribution in [0.1, 0.15) is 65.2 Å². The molecule has 0 aromatic rings. The van der Waals surface area contributed by atoms with E-state index in [4.69, 9.17) is 4.74 Å². The summed E-state index contributed by atoms with van der Waals surface area (Å²) in [6.07, 6.45) is 18.4. The lowest BCUT2D eigenvalue weighted by Gasteiger charge is -1.97. The Labute approximate surface area is 112 Å². The molecule has 0 N–H and O–H groups in total. The van der Waals surface area contributed by atoms with Crippen LogP contribution in [-0.2, 0) is 9.53 Å². The van der Waals surface area contributed by atoms with Crippen LogP contribution in [-0.4, -0.2) is 12.6 Å². The van der Waals surface area contributed by atoms with E-state index in [1.807, 2.05) is 12.2 Å². The fourth-order valence-corrected chi connectivity index (χ4v) is 1.66. The minimum atomic E-state index is -0.206. The summed E-state index contributed by atoms with van der Waals surface area (Å²) in [5.74, 6) is -0.206. The highest BCUT2D eigenvalue weighted by atomic mass is 16.5. The lowest BCUT2D eigenvalue weighted by Crippen LogP contribution is -1.98. The van der Waals surface area contributed by atoms with Gasteiger partial charge in [0, 0.05) is 6.92 Å². The van der Waals surface area contributed by atoms with Gasteiger partial charge in [0.25, 0.3) is 0 Å². The molecule has 0 radical (unpaired) electrons. The van der Waals surface area contributed by atoms with Crippen molar-refractivity contribution < 1.29 is 9.53 Å². The number of hydrogen-bond donors (Lipinski definition) is 0. The molecule has 0 unspecified atom stereocenters. The van der Waals surface area contributed by atoms with Crippen molar-refractivity contribution in [2.45, 2.75) is 65.2 Å². The SMILES string of the molecule is CCCCCCCC/C=C/C=C\CCOC(C)=O. The predicted octanol–water partition coefficient (Wildman–Crippen LogP) is 4.80. The second kappa shape index (κ2) is 14.0. The molecule has 0 bridgehead atoms. The molecule has 18 heavy (non-hydrogen) atoms. The van der Waals surface area contributed by atoms with Gasteiger partial charge < -0.3 is 4.74 Å². The Kier molecular flexibility index (Phi) is 13.2. The minimum absolute atomic E-state index is 0.206. The van der Waals surface area contributed by atoms with E-state index in [1.165, 1.54) is 51.9 Å². The molecule has 0 amide bonds. The fraction of sp³-hybridized carbons (Fsp3) is 0.688. The number of unbranched alkanes of at least 4 members (excludes halogenated alkanes) is 6. The Hall–Kier alpha value is -1.05. The van der Waals surface area contributed by atoms with Gasteiger partial charge in [-0.3, -0.25) is 4.79 Å². The molecule has 0 aromatic carbocycles. The number of esters is 1. The van der Waals surface area contributed by atoms with Gasteiger partial charge in [-0.25, -0.2) is 0 Å². The number of rotatable bonds is 11. The normalized spacial score (nSPS) is 11.4. The summed E-state index contributed by atoms with van der Waals surface area (Å²) < 4.78 is 4.82. The van der Waals surface area contributed by atoms with Gasteiger partial charge in [0.05, 0.1) is 6.61 Å². The average Bonchev–Trinajstić information content (AvgIpc) is 2.34. The minimum Gasteiger partial charge on any atom is -0.466 e. The lowest BCUT2D eigenvalue weighted by molar-refractivity contribution is -0.140. The molecule has 2 nitrogen and oxygen atoms in total. The van der Waals surface area contributed by atoms with Crippen molar-refractivity contribution in [1.29, 1.82) is 0 Å². The van der Waals surface area contributed by atoms with E-state index in [0.29, 0.717) is 6.61 Å². The number of carbonyl (C=O) groups is 1. The van der Waals surface area contributed by atoms with E-state index in [0.717, 1.165) is 6.42 Å². The molecule has 0 aromatic heterocycles. The summed E-state index contributed by atoms with van der Waals surface area (Å²) in [5.41, 5.74) is 0. The second-order valence-electron chi connectivity index (χ2n) is 4.54. The van der Waals surface area contributed by atoms with Gasteiger partial charge in [-0.1, -0.05) is 63.3 Å². The highest BCUT2D eigenvalue weighted by molar-refractivity contribution is 5.65. The van der Waals surface area contributed by atoms with Crippen molar-refractivity contribution in [2.75, 3.05) is 6.61 Å². The molecule has 104 valence electrons. The van der Waals surface area contributed by atoms with Crippen LogP contribution in [0.25, 0.3) is 0 Å². The molecule has 0 saturated heterocycles. The summed E-state index contributed by atoms with van der Waals surface area (Å²) in [6.45, 7) is 4.16. The van der Waals surface area contributed by atoms with Crippen molar-refractivity contribution in [3.8, 4) is 0 Å². The van der Waals surface area contributed by atoms with E-state index < -0.39 is 0 Å². The summed E-state index contributed by atoms with van der Waals surface area (Å²) >= 11 is 0. The number of hydrogen-bond acceptors (Lipinski definition) is 2. The Morgan fingerprint density at radius 3 is 2.22 bits per heavy atom. The Morgan fingerprint density at radius 2 is 1.56 bits per heavy atom. The summed E-state index contributed by atoms with van der Waals surface area (Å²) in [5, 5.41) is 0. The van der Waals surface area contributed by atoms with Crippen LogP contribution in [0.5, 0.6) is 0 Å². The van der Waals surface area contributed by atoms with E-state index in [9.17, 15) is 4.79 Å². The molecule has 0 spiro atoms. The van der Waals surface area contributed by atoms with Gasteiger partial charge in [-0.15, -0.1) is 0 Å². The largest absolute Gasteiger partial charge is 0.466 e. The molecular formula is C16H28O2. The highest BCUT2D eigenvalue weighted by Crippen LogP contribution is 2.07. The number of allylic oxidation sites excluding steroid dienone is 3. The predicted molar refractivity (Wildman–Crippen MR) is 77.5 cm³/mol. The molecular weight excluding hydrogens is 224 g/mol. The molecule has 0 heterocycles. The van der Waals surface area contributed by atoms with Crippen molar-refractivity contribution in [3.05, 3.63) is 24.3 Å². The van der Waals surface area contributed by atoms with Crippen molar-refractivity contribution >= 4 is 5.97 Å². The van der Waals surface area contributed by atoms with E-state index in [-0.39, 0.29) is 5.97 Å². The zero-order valence-electron chi connectivity index (χ0n) is 12.0. The Morgan fingerprint density at radius 1 is 0.944 bits per heavy atom. The average molecular weight is 252 g/mol. The molecule has 2 heteroatoms. The maximum atomic E-state index is 10.5. The second-order valence-corrected chi connectivity index (χ2v) is 4.54. The molecule has 0 aliphatic rings. The summed E-state index contributed by atoms with van der Waals surface area (Å²) in [4.78, 5) is 10.5. The van der Waals surface area contributed by atoms with Crippen LogP contribution in [0.3, 0.4) is 0 Å². The third-order valence-electron chi connectivity index (χ3n) is 2.70. The van der Waals surface area contributed by atoms with E-state index in [2.05, 4.69) is 19.1 Å². The van der Waals surface area contributed by atoms with Crippen molar-refractivity contribution in [3.63, 3.8) is 0 Å². The van der Waals surface area contributed by atoms with Gasteiger partial charge in [-0.05, 0) is 19.3 Å². The van der Waals surface area contributed by atoms with E-state index in [1.54, 1.807) is 0 Å². The zero-order valence-corrected chi connectivity index (χ0v) is 12.0. The van der Waals surface area contributed by atoms with Crippen LogP contribution in [0.2, 0.25) is 0 Å². The topological polar surface area (TPSA) is 26.3 Å². The van der Waals surface area contributed by atoms with Crippen LogP contribution in [0.15, 0.2) is 24.3 Å². The number of ether oxygens (including phenoxy) is 1.